The maximum Gasteiger partial charge on any atom is 0.154 e. The first kappa shape index (κ1) is 11.2. The summed E-state index contributed by atoms with van der Waals surface area (Å²) in [5, 5.41) is 0. The van der Waals surface area contributed by atoms with Gasteiger partial charge in [0.25, 0.3) is 0 Å². The summed E-state index contributed by atoms with van der Waals surface area (Å²) in [5.74, 6) is 0.498. The maximum atomic E-state index is 5.40. The fourth-order valence-corrected chi connectivity index (χ4v) is 0.645. The smallest absolute Gasteiger partial charge is 0.154 e. The molecule has 0 radical (unpaired) electrons. The predicted octanol–water partition coefficient (Wildman–Crippen LogP) is 1.25. The Balaban J connectivity index is 3.02. The van der Waals surface area contributed by atoms with E-state index < -0.39 is 0 Å². The Labute approximate surface area is 72.6 Å². The molecule has 0 aliphatic heterocycles. The SMILES string of the molecule is COCCOC(C)OCCCl. The van der Waals surface area contributed by atoms with Gasteiger partial charge in [-0.15, -0.1) is 11.6 Å². The lowest BCUT2D eigenvalue weighted by Crippen LogP contribution is -2.16. The Morgan fingerprint density at radius 2 is 1.82 bits per heavy atom. The molecular formula is C7H15ClO3. The van der Waals surface area contributed by atoms with E-state index in [9.17, 15) is 0 Å². The first-order chi connectivity index (χ1) is 5.31. The summed E-state index contributed by atoms with van der Waals surface area (Å²) in [6.45, 7) is 3.51. The van der Waals surface area contributed by atoms with E-state index in [1.807, 2.05) is 6.92 Å². The van der Waals surface area contributed by atoms with Crippen LogP contribution in [0.3, 0.4) is 0 Å². The lowest BCUT2D eigenvalue weighted by atomic mass is 10.7. The topological polar surface area (TPSA) is 27.7 Å². The lowest BCUT2D eigenvalue weighted by Gasteiger charge is -2.12. The van der Waals surface area contributed by atoms with Gasteiger partial charge in [-0.3, -0.25) is 0 Å². The molecule has 0 spiro atoms. The Morgan fingerprint density at radius 1 is 1.18 bits per heavy atom. The summed E-state index contributed by atoms with van der Waals surface area (Å²) in [5.41, 5.74) is 0. The second kappa shape index (κ2) is 8.27. The molecule has 0 bridgehead atoms. The van der Waals surface area contributed by atoms with E-state index in [0.717, 1.165) is 0 Å². The molecule has 0 aromatic rings. The summed E-state index contributed by atoms with van der Waals surface area (Å²) in [6.07, 6.45) is -0.191. The molecule has 1 unspecified atom stereocenters. The van der Waals surface area contributed by atoms with Crippen molar-refractivity contribution in [3.63, 3.8) is 0 Å². The van der Waals surface area contributed by atoms with Crippen LogP contribution in [-0.4, -0.2) is 39.1 Å². The zero-order chi connectivity index (χ0) is 8.53. The monoisotopic (exact) mass is 182 g/mol. The molecule has 0 saturated carbocycles. The van der Waals surface area contributed by atoms with Gasteiger partial charge in [-0.2, -0.15) is 0 Å². The lowest BCUT2D eigenvalue weighted by molar-refractivity contribution is -0.133. The molecule has 0 N–H and O–H groups in total. The van der Waals surface area contributed by atoms with Gasteiger partial charge in [0.15, 0.2) is 6.29 Å². The van der Waals surface area contributed by atoms with E-state index >= 15 is 0 Å². The highest BCUT2D eigenvalue weighted by molar-refractivity contribution is 6.17. The summed E-state index contributed by atoms with van der Waals surface area (Å²) in [7, 11) is 1.63. The van der Waals surface area contributed by atoms with Crippen molar-refractivity contribution in [2.75, 3.05) is 32.8 Å². The maximum absolute atomic E-state index is 5.40. The largest absolute Gasteiger partial charge is 0.382 e. The van der Waals surface area contributed by atoms with Crippen molar-refractivity contribution in [2.24, 2.45) is 0 Å². The van der Waals surface area contributed by atoms with Gasteiger partial charge in [-0.25, -0.2) is 0 Å². The van der Waals surface area contributed by atoms with Gasteiger partial charge in [-0.1, -0.05) is 0 Å². The quantitative estimate of drug-likeness (QED) is 0.337. The molecule has 0 aliphatic rings. The van der Waals surface area contributed by atoms with Gasteiger partial charge in [0.2, 0.25) is 0 Å². The third kappa shape index (κ3) is 8.07. The van der Waals surface area contributed by atoms with Crippen LogP contribution >= 0.6 is 11.6 Å². The van der Waals surface area contributed by atoms with Crippen LogP contribution in [0.25, 0.3) is 0 Å². The van der Waals surface area contributed by atoms with Crippen molar-refractivity contribution in [3.05, 3.63) is 0 Å². The van der Waals surface area contributed by atoms with Crippen LogP contribution in [-0.2, 0) is 14.2 Å². The minimum absolute atomic E-state index is 0.191. The molecule has 3 nitrogen and oxygen atoms in total. The average molecular weight is 183 g/mol. The van der Waals surface area contributed by atoms with Crippen LogP contribution in [0, 0.1) is 0 Å². The van der Waals surface area contributed by atoms with Gasteiger partial charge in [-0.05, 0) is 6.92 Å². The number of ether oxygens (including phenoxy) is 3. The molecule has 0 heterocycles. The molecule has 0 aromatic heterocycles. The summed E-state index contributed by atoms with van der Waals surface area (Å²) >= 11 is 5.40. The zero-order valence-corrected chi connectivity index (χ0v) is 7.76. The zero-order valence-electron chi connectivity index (χ0n) is 7.01. The van der Waals surface area contributed by atoms with Crippen molar-refractivity contribution in [3.8, 4) is 0 Å². The third-order valence-corrected chi connectivity index (χ3v) is 1.22. The number of hydrogen-bond donors (Lipinski definition) is 0. The van der Waals surface area contributed by atoms with Gasteiger partial charge in [0, 0.05) is 13.0 Å². The van der Waals surface area contributed by atoms with E-state index in [0.29, 0.717) is 25.7 Å². The molecule has 0 amide bonds. The van der Waals surface area contributed by atoms with E-state index in [4.69, 9.17) is 25.8 Å². The van der Waals surface area contributed by atoms with Crippen molar-refractivity contribution >= 4 is 11.6 Å². The fraction of sp³-hybridized carbons (Fsp3) is 1.00. The van der Waals surface area contributed by atoms with Crippen molar-refractivity contribution < 1.29 is 14.2 Å². The van der Waals surface area contributed by atoms with Crippen molar-refractivity contribution in [1.29, 1.82) is 0 Å². The van der Waals surface area contributed by atoms with Crippen molar-refractivity contribution in [1.82, 2.24) is 0 Å². The van der Waals surface area contributed by atoms with E-state index in [1.54, 1.807) is 7.11 Å². The van der Waals surface area contributed by atoms with Crippen LogP contribution in [0.15, 0.2) is 0 Å². The fourth-order valence-electron chi connectivity index (χ4n) is 0.556. The number of methoxy groups -OCH3 is 1. The Hall–Kier alpha value is 0.170. The summed E-state index contributed by atoms with van der Waals surface area (Å²) in [4.78, 5) is 0. The van der Waals surface area contributed by atoms with Gasteiger partial charge < -0.3 is 14.2 Å². The minimum atomic E-state index is -0.191. The third-order valence-electron chi connectivity index (χ3n) is 1.07. The highest BCUT2D eigenvalue weighted by Gasteiger charge is 1.99. The Bertz CT molecular complexity index is 80.1. The van der Waals surface area contributed by atoms with Crippen LogP contribution in [0.5, 0.6) is 0 Å². The molecule has 4 heteroatoms. The molecule has 68 valence electrons. The van der Waals surface area contributed by atoms with Gasteiger partial charge in [0.05, 0.1) is 19.8 Å². The average Bonchev–Trinajstić information content (AvgIpc) is 2.01. The van der Waals surface area contributed by atoms with E-state index in [2.05, 4.69) is 0 Å². The minimum Gasteiger partial charge on any atom is -0.382 e. The molecule has 11 heavy (non-hydrogen) atoms. The van der Waals surface area contributed by atoms with Crippen LogP contribution in [0.1, 0.15) is 6.92 Å². The number of hydrogen-bond acceptors (Lipinski definition) is 3. The van der Waals surface area contributed by atoms with Gasteiger partial charge >= 0.3 is 0 Å². The van der Waals surface area contributed by atoms with Crippen LogP contribution in [0.4, 0.5) is 0 Å². The van der Waals surface area contributed by atoms with E-state index in [1.165, 1.54) is 0 Å². The number of rotatable bonds is 7. The summed E-state index contributed by atoms with van der Waals surface area (Å²) < 4.78 is 15.1. The molecule has 0 rings (SSSR count). The summed E-state index contributed by atoms with van der Waals surface area (Å²) in [6, 6.07) is 0. The molecule has 0 aromatic carbocycles. The van der Waals surface area contributed by atoms with Gasteiger partial charge in [0.1, 0.15) is 0 Å². The molecule has 0 fully saturated rings. The number of alkyl halides is 1. The number of halogens is 1. The Kier molecular flexibility index (Phi) is 8.40. The standard InChI is InChI=1S/C7H15ClO3/c1-7(10-4-3-8)11-6-5-9-2/h7H,3-6H2,1-2H3. The second-order valence-electron chi connectivity index (χ2n) is 1.99. The molecule has 0 aliphatic carbocycles. The van der Waals surface area contributed by atoms with E-state index in [-0.39, 0.29) is 6.29 Å². The predicted molar refractivity (Wildman–Crippen MR) is 44.0 cm³/mol. The first-order valence-electron chi connectivity index (χ1n) is 3.59. The molecule has 0 saturated heterocycles. The second-order valence-corrected chi connectivity index (χ2v) is 2.37. The molecule has 1 atom stereocenters. The van der Waals surface area contributed by atoms with Crippen LogP contribution in [0.2, 0.25) is 0 Å². The molecular weight excluding hydrogens is 168 g/mol. The highest BCUT2D eigenvalue weighted by atomic mass is 35.5. The normalized spacial score (nSPS) is 13.4. The first-order valence-corrected chi connectivity index (χ1v) is 4.12. The Morgan fingerprint density at radius 3 is 2.36 bits per heavy atom. The van der Waals surface area contributed by atoms with Crippen molar-refractivity contribution in [2.45, 2.75) is 13.2 Å². The van der Waals surface area contributed by atoms with Crippen LogP contribution < -0.4 is 0 Å². The highest BCUT2D eigenvalue weighted by Crippen LogP contribution is 1.93.